The van der Waals surface area contributed by atoms with Gasteiger partial charge >= 0.3 is 0 Å². The van der Waals surface area contributed by atoms with Crippen molar-refractivity contribution >= 4 is 32.5 Å². The molecule has 0 bridgehead atoms. The highest BCUT2D eigenvalue weighted by molar-refractivity contribution is 9.10. The molecule has 0 aliphatic heterocycles. The van der Waals surface area contributed by atoms with Crippen molar-refractivity contribution in [2.75, 3.05) is 0 Å². The molecule has 2 heterocycles. The molecule has 0 saturated carbocycles. The van der Waals surface area contributed by atoms with Crippen LogP contribution in [0.4, 0.5) is 5.69 Å². The molecule has 94 valence electrons. The van der Waals surface area contributed by atoms with E-state index in [0.717, 1.165) is 4.47 Å². The van der Waals surface area contributed by atoms with Gasteiger partial charge in [-0.25, -0.2) is 4.68 Å². The summed E-state index contributed by atoms with van der Waals surface area (Å²) in [4.78, 5) is 14.8. The Hall–Kier alpha value is -2.28. The van der Waals surface area contributed by atoms with Crippen molar-refractivity contribution < 1.29 is 4.92 Å². The third-order valence-electron chi connectivity index (χ3n) is 2.72. The lowest BCUT2D eigenvalue weighted by Gasteiger charge is -2.05. The predicted molar refractivity (Wildman–Crippen MR) is 73.2 cm³/mol. The standard InChI is InChI=1S/C12H7BrN4O2/c13-8-6-15-16(7-8)11-4-3-10(17(18)19)9-2-1-5-14-12(9)11/h1-7H. The van der Waals surface area contributed by atoms with Crippen LogP contribution in [0.1, 0.15) is 0 Å². The summed E-state index contributed by atoms with van der Waals surface area (Å²) in [6.45, 7) is 0. The highest BCUT2D eigenvalue weighted by atomic mass is 79.9. The summed E-state index contributed by atoms with van der Waals surface area (Å²) < 4.78 is 2.46. The highest BCUT2D eigenvalue weighted by Crippen LogP contribution is 2.28. The fourth-order valence-corrected chi connectivity index (χ4v) is 2.20. The third kappa shape index (κ3) is 1.97. The van der Waals surface area contributed by atoms with E-state index >= 15 is 0 Å². The topological polar surface area (TPSA) is 73.8 Å². The second-order valence-corrected chi connectivity index (χ2v) is 4.78. The number of nitro groups is 1. The Morgan fingerprint density at radius 3 is 2.84 bits per heavy atom. The molecule has 0 N–H and O–H groups in total. The van der Waals surface area contributed by atoms with Crippen molar-refractivity contribution in [2.24, 2.45) is 0 Å². The van der Waals surface area contributed by atoms with Crippen molar-refractivity contribution in [3.05, 3.63) is 57.4 Å². The van der Waals surface area contributed by atoms with Crippen LogP contribution in [0.3, 0.4) is 0 Å². The van der Waals surface area contributed by atoms with Crippen LogP contribution in [-0.2, 0) is 0 Å². The fourth-order valence-electron chi connectivity index (χ4n) is 1.92. The minimum Gasteiger partial charge on any atom is -0.258 e. The van der Waals surface area contributed by atoms with E-state index < -0.39 is 4.92 Å². The largest absolute Gasteiger partial charge is 0.278 e. The van der Waals surface area contributed by atoms with Gasteiger partial charge in [0.1, 0.15) is 5.52 Å². The molecule has 0 unspecified atom stereocenters. The number of aromatic nitrogens is 3. The zero-order valence-corrected chi connectivity index (χ0v) is 11.1. The quantitative estimate of drug-likeness (QED) is 0.537. The van der Waals surface area contributed by atoms with Gasteiger partial charge in [-0.15, -0.1) is 0 Å². The lowest BCUT2D eigenvalue weighted by atomic mass is 10.1. The molecule has 0 saturated heterocycles. The average molecular weight is 319 g/mol. The molecule has 3 rings (SSSR count). The van der Waals surface area contributed by atoms with E-state index in [1.807, 2.05) is 0 Å². The van der Waals surface area contributed by atoms with Crippen LogP contribution in [0.15, 0.2) is 47.3 Å². The molecular formula is C12H7BrN4O2. The van der Waals surface area contributed by atoms with Crippen LogP contribution in [0, 0.1) is 10.1 Å². The van der Waals surface area contributed by atoms with Gasteiger partial charge in [0, 0.05) is 18.5 Å². The molecule has 2 aromatic heterocycles. The van der Waals surface area contributed by atoms with Gasteiger partial charge < -0.3 is 0 Å². The number of benzene rings is 1. The molecule has 0 aliphatic rings. The van der Waals surface area contributed by atoms with Crippen LogP contribution < -0.4 is 0 Å². The van der Waals surface area contributed by atoms with Crippen LogP contribution in [0.5, 0.6) is 0 Å². The highest BCUT2D eigenvalue weighted by Gasteiger charge is 2.16. The van der Waals surface area contributed by atoms with Crippen molar-refractivity contribution in [2.45, 2.75) is 0 Å². The molecule has 0 fully saturated rings. The Morgan fingerprint density at radius 2 is 2.16 bits per heavy atom. The molecule has 0 spiro atoms. The van der Waals surface area contributed by atoms with Crippen molar-refractivity contribution in [1.82, 2.24) is 14.8 Å². The molecular weight excluding hydrogens is 312 g/mol. The predicted octanol–water partition coefficient (Wildman–Crippen LogP) is 3.09. The molecule has 0 radical (unpaired) electrons. The Bertz CT molecular complexity index is 784. The zero-order valence-electron chi connectivity index (χ0n) is 9.52. The molecule has 7 heteroatoms. The maximum Gasteiger partial charge on any atom is 0.278 e. The first-order valence-electron chi connectivity index (χ1n) is 5.39. The Balaban J connectivity index is 2.34. The lowest BCUT2D eigenvalue weighted by Crippen LogP contribution is -1.99. The number of hydrogen-bond donors (Lipinski definition) is 0. The van der Waals surface area contributed by atoms with Crippen molar-refractivity contribution in [1.29, 1.82) is 0 Å². The third-order valence-corrected chi connectivity index (χ3v) is 3.13. The molecule has 6 nitrogen and oxygen atoms in total. The second kappa shape index (κ2) is 4.43. The van der Waals surface area contributed by atoms with Gasteiger partial charge in [0.15, 0.2) is 0 Å². The number of nitrogens with zero attached hydrogens (tertiary/aromatic N) is 4. The monoisotopic (exact) mass is 318 g/mol. The van der Waals surface area contributed by atoms with Crippen LogP contribution in [-0.4, -0.2) is 19.7 Å². The number of fused-ring (bicyclic) bond motifs is 1. The van der Waals surface area contributed by atoms with E-state index in [1.165, 1.54) is 6.07 Å². The van der Waals surface area contributed by atoms with E-state index in [2.05, 4.69) is 26.0 Å². The Morgan fingerprint density at radius 1 is 1.32 bits per heavy atom. The van der Waals surface area contributed by atoms with E-state index in [9.17, 15) is 10.1 Å². The molecule has 3 aromatic rings. The van der Waals surface area contributed by atoms with Crippen molar-refractivity contribution in [3.8, 4) is 5.69 Å². The van der Waals surface area contributed by atoms with Crippen LogP contribution in [0.2, 0.25) is 0 Å². The SMILES string of the molecule is O=[N+]([O-])c1ccc(-n2cc(Br)cn2)c2ncccc12. The lowest BCUT2D eigenvalue weighted by molar-refractivity contribution is -0.383. The number of pyridine rings is 1. The minimum atomic E-state index is -0.410. The fraction of sp³-hybridized carbons (Fsp3) is 0. The van der Waals surface area contributed by atoms with Gasteiger partial charge in [-0.1, -0.05) is 0 Å². The van der Waals surface area contributed by atoms with E-state index in [1.54, 1.807) is 41.5 Å². The maximum absolute atomic E-state index is 11.0. The van der Waals surface area contributed by atoms with Gasteiger partial charge in [0.05, 0.1) is 26.7 Å². The minimum absolute atomic E-state index is 0.0399. The number of nitro benzene ring substituents is 1. The molecule has 19 heavy (non-hydrogen) atoms. The molecule has 1 aromatic carbocycles. The summed E-state index contributed by atoms with van der Waals surface area (Å²) in [7, 11) is 0. The number of non-ortho nitro benzene ring substituents is 1. The number of halogens is 1. The van der Waals surface area contributed by atoms with Gasteiger partial charge in [-0.05, 0) is 34.1 Å². The average Bonchev–Trinajstić information content (AvgIpc) is 2.83. The van der Waals surface area contributed by atoms with Gasteiger partial charge in [0.25, 0.3) is 5.69 Å². The summed E-state index contributed by atoms with van der Waals surface area (Å²) >= 11 is 3.32. The number of rotatable bonds is 2. The Labute approximate surface area is 116 Å². The maximum atomic E-state index is 11.0. The summed E-state index contributed by atoms with van der Waals surface area (Å²) in [5, 5.41) is 15.7. The second-order valence-electron chi connectivity index (χ2n) is 3.86. The number of hydrogen-bond acceptors (Lipinski definition) is 4. The Kier molecular flexibility index (Phi) is 2.75. The molecule has 0 atom stereocenters. The molecule has 0 aliphatic carbocycles. The smallest absolute Gasteiger partial charge is 0.258 e. The summed E-state index contributed by atoms with van der Waals surface area (Å²) in [6.07, 6.45) is 5.03. The van der Waals surface area contributed by atoms with Gasteiger partial charge in [-0.3, -0.25) is 15.1 Å². The van der Waals surface area contributed by atoms with E-state index in [4.69, 9.17) is 0 Å². The zero-order chi connectivity index (χ0) is 13.4. The first-order valence-corrected chi connectivity index (χ1v) is 6.19. The normalized spacial score (nSPS) is 10.8. The van der Waals surface area contributed by atoms with Gasteiger partial charge in [-0.2, -0.15) is 5.10 Å². The van der Waals surface area contributed by atoms with Crippen molar-refractivity contribution in [3.63, 3.8) is 0 Å². The first kappa shape index (κ1) is 11.8. The summed E-state index contributed by atoms with van der Waals surface area (Å²) in [5.74, 6) is 0. The van der Waals surface area contributed by atoms with E-state index in [-0.39, 0.29) is 5.69 Å². The van der Waals surface area contributed by atoms with E-state index in [0.29, 0.717) is 16.6 Å². The first-order chi connectivity index (χ1) is 9.16. The summed E-state index contributed by atoms with van der Waals surface area (Å²) in [6, 6.07) is 6.47. The van der Waals surface area contributed by atoms with Crippen LogP contribution >= 0.6 is 15.9 Å². The van der Waals surface area contributed by atoms with Gasteiger partial charge in [0.2, 0.25) is 0 Å². The summed E-state index contributed by atoms with van der Waals surface area (Å²) in [5.41, 5.74) is 1.29. The van der Waals surface area contributed by atoms with Crippen LogP contribution in [0.25, 0.3) is 16.6 Å². The molecule has 0 amide bonds.